The Morgan fingerprint density at radius 2 is 2.11 bits per heavy atom. The molecule has 1 aliphatic carbocycles. The zero-order valence-electron chi connectivity index (χ0n) is 10.9. The number of fused-ring (bicyclic) bond motifs is 1. The minimum atomic E-state index is 0.150. The fourth-order valence-electron chi connectivity index (χ4n) is 2.62. The van der Waals surface area contributed by atoms with Crippen LogP contribution in [0, 0.1) is 12.8 Å². The molecule has 3 rings (SSSR count). The molecule has 1 fully saturated rings. The molecule has 1 saturated carbocycles. The van der Waals surface area contributed by atoms with Gasteiger partial charge in [-0.1, -0.05) is 31.0 Å². The highest BCUT2D eigenvalue weighted by Gasteiger charge is 2.22. The predicted octanol–water partition coefficient (Wildman–Crippen LogP) is 3.73. The third-order valence-electron chi connectivity index (χ3n) is 3.86. The molecule has 0 amide bonds. The van der Waals surface area contributed by atoms with Gasteiger partial charge in [-0.2, -0.15) is 0 Å². The minimum absolute atomic E-state index is 0.150. The molecule has 0 bridgehead atoms. The maximum atomic E-state index is 6.38. The molecule has 1 atom stereocenters. The molecule has 0 spiro atoms. The van der Waals surface area contributed by atoms with Crippen LogP contribution >= 0.6 is 0 Å². The molecule has 0 saturated heterocycles. The number of nitrogens with two attached hydrogens (primary N) is 1. The Hall–Kier alpha value is -1.41. The fourth-order valence-corrected chi connectivity index (χ4v) is 2.62. The summed E-state index contributed by atoms with van der Waals surface area (Å²) in [6, 6.07) is 10.6. The highest BCUT2D eigenvalue weighted by molar-refractivity contribution is 5.82. The van der Waals surface area contributed by atoms with Gasteiger partial charge in [0.05, 0.1) is 5.52 Å². The number of aromatic nitrogens is 1. The lowest BCUT2D eigenvalue weighted by atomic mass is 9.97. The third-order valence-corrected chi connectivity index (χ3v) is 3.86. The zero-order valence-corrected chi connectivity index (χ0v) is 10.9. The monoisotopic (exact) mass is 240 g/mol. The average molecular weight is 240 g/mol. The Kier molecular flexibility index (Phi) is 3.04. The van der Waals surface area contributed by atoms with Crippen LogP contribution < -0.4 is 5.73 Å². The Balaban J connectivity index is 1.92. The van der Waals surface area contributed by atoms with Crippen molar-refractivity contribution in [3.8, 4) is 0 Å². The topological polar surface area (TPSA) is 38.9 Å². The molecular weight excluding hydrogens is 220 g/mol. The quantitative estimate of drug-likeness (QED) is 0.884. The Morgan fingerprint density at radius 1 is 1.33 bits per heavy atom. The number of nitrogens with zero attached hydrogens (tertiary/aromatic N) is 1. The van der Waals surface area contributed by atoms with Crippen LogP contribution in [0.2, 0.25) is 0 Å². The number of rotatable bonds is 4. The van der Waals surface area contributed by atoms with E-state index < -0.39 is 0 Å². The number of para-hydroxylation sites is 1. The van der Waals surface area contributed by atoms with Gasteiger partial charge >= 0.3 is 0 Å². The standard InChI is InChI=1S/C16H20N2/c1-11-10-14(15(17)9-8-12-6-7-12)13-4-2-3-5-16(13)18-11/h2-5,10,12,15H,6-9,17H2,1H3. The summed E-state index contributed by atoms with van der Waals surface area (Å²) in [4.78, 5) is 4.57. The second kappa shape index (κ2) is 4.69. The normalized spacial score (nSPS) is 17.0. The van der Waals surface area contributed by atoms with E-state index in [4.69, 9.17) is 5.73 Å². The van der Waals surface area contributed by atoms with Crippen molar-refractivity contribution >= 4 is 10.9 Å². The summed E-state index contributed by atoms with van der Waals surface area (Å²) < 4.78 is 0. The lowest BCUT2D eigenvalue weighted by molar-refractivity contribution is 0.577. The molecule has 94 valence electrons. The van der Waals surface area contributed by atoms with E-state index >= 15 is 0 Å². The molecule has 0 radical (unpaired) electrons. The number of hydrogen-bond acceptors (Lipinski definition) is 2. The molecular formula is C16H20N2. The first-order valence-electron chi connectivity index (χ1n) is 6.86. The number of pyridine rings is 1. The maximum absolute atomic E-state index is 6.38. The zero-order chi connectivity index (χ0) is 12.5. The van der Waals surface area contributed by atoms with Crippen LogP contribution in [0.25, 0.3) is 10.9 Å². The van der Waals surface area contributed by atoms with E-state index in [0.717, 1.165) is 23.5 Å². The fraction of sp³-hybridized carbons (Fsp3) is 0.438. The van der Waals surface area contributed by atoms with E-state index in [9.17, 15) is 0 Å². The molecule has 1 aromatic carbocycles. The van der Waals surface area contributed by atoms with Crippen LogP contribution in [0.1, 0.15) is 43.0 Å². The number of benzene rings is 1. The van der Waals surface area contributed by atoms with E-state index in [-0.39, 0.29) is 6.04 Å². The van der Waals surface area contributed by atoms with E-state index in [1.165, 1.54) is 30.2 Å². The molecule has 0 aliphatic heterocycles. The van der Waals surface area contributed by atoms with Gasteiger partial charge in [0.25, 0.3) is 0 Å². The summed E-state index contributed by atoms with van der Waals surface area (Å²) in [5.41, 5.74) is 9.77. The van der Waals surface area contributed by atoms with Crippen LogP contribution in [0.3, 0.4) is 0 Å². The molecule has 2 aromatic rings. The highest BCUT2D eigenvalue weighted by atomic mass is 14.7. The van der Waals surface area contributed by atoms with Crippen molar-refractivity contribution < 1.29 is 0 Å². The van der Waals surface area contributed by atoms with Gasteiger partial charge in [-0.25, -0.2) is 0 Å². The van der Waals surface area contributed by atoms with E-state index in [1.807, 2.05) is 13.0 Å². The second-order valence-electron chi connectivity index (χ2n) is 5.50. The van der Waals surface area contributed by atoms with Gasteiger partial charge in [-0.05, 0) is 43.4 Å². The van der Waals surface area contributed by atoms with Gasteiger partial charge in [0.15, 0.2) is 0 Å². The molecule has 2 nitrogen and oxygen atoms in total. The molecule has 1 aliphatic rings. The number of hydrogen-bond donors (Lipinski definition) is 1. The van der Waals surface area contributed by atoms with Crippen molar-refractivity contribution in [2.45, 2.75) is 38.6 Å². The van der Waals surface area contributed by atoms with Gasteiger partial charge < -0.3 is 5.73 Å². The van der Waals surface area contributed by atoms with Crippen molar-refractivity contribution in [3.63, 3.8) is 0 Å². The summed E-state index contributed by atoms with van der Waals surface area (Å²) in [5, 5.41) is 1.21. The van der Waals surface area contributed by atoms with Crippen molar-refractivity contribution in [3.05, 3.63) is 41.6 Å². The van der Waals surface area contributed by atoms with Gasteiger partial charge in [0, 0.05) is 17.1 Å². The molecule has 1 unspecified atom stereocenters. The van der Waals surface area contributed by atoms with E-state index in [0.29, 0.717) is 0 Å². The van der Waals surface area contributed by atoms with Gasteiger partial charge in [-0.15, -0.1) is 0 Å². The SMILES string of the molecule is Cc1cc(C(N)CCC2CC2)c2ccccc2n1. The summed E-state index contributed by atoms with van der Waals surface area (Å²) in [6.07, 6.45) is 5.18. The third kappa shape index (κ3) is 2.39. The van der Waals surface area contributed by atoms with Gasteiger partial charge in [0.2, 0.25) is 0 Å². The minimum Gasteiger partial charge on any atom is -0.324 e. The van der Waals surface area contributed by atoms with Crippen LogP contribution in [-0.4, -0.2) is 4.98 Å². The summed E-state index contributed by atoms with van der Waals surface area (Å²) >= 11 is 0. The van der Waals surface area contributed by atoms with Crippen molar-refractivity contribution in [2.75, 3.05) is 0 Å². The van der Waals surface area contributed by atoms with Crippen molar-refractivity contribution in [1.29, 1.82) is 0 Å². The van der Waals surface area contributed by atoms with Crippen molar-refractivity contribution in [2.24, 2.45) is 11.7 Å². The first kappa shape index (κ1) is 11.7. The molecule has 2 heteroatoms. The maximum Gasteiger partial charge on any atom is 0.0708 e. The summed E-state index contributed by atoms with van der Waals surface area (Å²) in [7, 11) is 0. The molecule has 1 heterocycles. The summed E-state index contributed by atoms with van der Waals surface area (Å²) in [6.45, 7) is 2.05. The average Bonchev–Trinajstić information content (AvgIpc) is 3.19. The Morgan fingerprint density at radius 3 is 2.89 bits per heavy atom. The van der Waals surface area contributed by atoms with Crippen LogP contribution in [0.15, 0.2) is 30.3 Å². The highest BCUT2D eigenvalue weighted by Crippen LogP contribution is 2.36. The van der Waals surface area contributed by atoms with Gasteiger partial charge in [-0.3, -0.25) is 4.98 Å². The lowest BCUT2D eigenvalue weighted by Crippen LogP contribution is -2.11. The first-order chi connectivity index (χ1) is 8.74. The first-order valence-corrected chi connectivity index (χ1v) is 6.86. The Bertz CT molecular complexity index is 558. The predicted molar refractivity (Wildman–Crippen MR) is 75.4 cm³/mol. The second-order valence-corrected chi connectivity index (χ2v) is 5.50. The molecule has 1 aromatic heterocycles. The van der Waals surface area contributed by atoms with Gasteiger partial charge in [0.1, 0.15) is 0 Å². The smallest absolute Gasteiger partial charge is 0.0708 e. The van der Waals surface area contributed by atoms with Crippen LogP contribution in [0.4, 0.5) is 0 Å². The van der Waals surface area contributed by atoms with Crippen molar-refractivity contribution in [1.82, 2.24) is 4.98 Å². The number of aryl methyl sites for hydroxylation is 1. The van der Waals surface area contributed by atoms with E-state index in [1.54, 1.807) is 0 Å². The Labute approximate surface area is 108 Å². The van der Waals surface area contributed by atoms with E-state index in [2.05, 4.69) is 29.2 Å². The van der Waals surface area contributed by atoms with Crippen LogP contribution in [-0.2, 0) is 0 Å². The lowest BCUT2D eigenvalue weighted by Gasteiger charge is -2.15. The summed E-state index contributed by atoms with van der Waals surface area (Å²) in [5.74, 6) is 0.949. The van der Waals surface area contributed by atoms with Crippen LogP contribution in [0.5, 0.6) is 0 Å². The molecule has 18 heavy (non-hydrogen) atoms. The largest absolute Gasteiger partial charge is 0.324 e. The molecule has 2 N–H and O–H groups in total.